The molecule has 2 aliphatic rings. The minimum absolute atomic E-state index is 0.181. The minimum Gasteiger partial charge on any atom is -0.449 e. The fourth-order valence-corrected chi connectivity index (χ4v) is 4.68. The lowest BCUT2D eigenvalue weighted by Crippen LogP contribution is -2.39. The first kappa shape index (κ1) is 20.7. The molecule has 0 saturated carbocycles. The number of carbonyl (C=O) groups is 2. The molecule has 158 valence electrons. The zero-order chi connectivity index (χ0) is 21.1. The Morgan fingerprint density at radius 2 is 1.87 bits per heavy atom. The van der Waals surface area contributed by atoms with Crippen molar-refractivity contribution in [2.45, 2.75) is 44.7 Å². The summed E-state index contributed by atoms with van der Waals surface area (Å²) in [5, 5.41) is 9.80. The van der Waals surface area contributed by atoms with E-state index in [0.29, 0.717) is 41.0 Å². The zero-order valence-electron chi connectivity index (χ0n) is 16.9. The van der Waals surface area contributed by atoms with Gasteiger partial charge in [0.05, 0.1) is 12.3 Å². The third-order valence-electron chi connectivity index (χ3n) is 5.73. The summed E-state index contributed by atoms with van der Waals surface area (Å²) in [5.41, 5.74) is 2.81. The van der Waals surface area contributed by atoms with Gasteiger partial charge in [0.25, 0.3) is 0 Å². The van der Waals surface area contributed by atoms with E-state index < -0.39 is 6.09 Å². The van der Waals surface area contributed by atoms with Gasteiger partial charge in [-0.2, -0.15) is 0 Å². The lowest BCUT2D eigenvalue weighted by Gasteiger charge is -2.28. The largest absolute Gasteiger partial charge is 0.449 e. The molecule has 0 aromatic heterocycles. The van der Waals surface area contributed by atoms with Crippen molar-refractivity contribution >= 4 is 35.0 Å². The molecule has 7 heteroatoms. The number of nitrogens with one attached hydrogen (secondary N) is 3. The van der Waals surface area contributed by atoms with E-state index in [9.17, 15) is 9.59 Å². The van der Waals surface area contributed by atoms with Crippen LogP contribution < -0.4 is 16.0 Å². The first-order valence-corrected chi connectivity index (χ1v) is 10.7. The van der Waals surface area contributed by atoms with Crippen LogP contribution in [0.25, 0.3) is 11.1 Å². The van der Waals surface area contributed by atoms with Gasteiger partial charge in [-0.15, -0.1) is 0 Å². The fourth-order valence-electron chi connectivity index (χ4n) is 4.49. The van der Waals surface area contributed by atoms with E-state index in [2.05, 4.69) is 16.0 Å². The monoisotopic (exact) mass is 427 g/mol. The summed E-state index contributed by atoms with van der Waals surface area (Å²) in [6.45, 7) is 1.86. The Balaban J connectivity index is 1.47. The minimum atomic E-state index is -0.496. The highest BCUT2D eigenvalue weighted by Crippen LogP contribution is 2.33. The van der Waals surface area contributed by atoms with Gasteiger partial charge >= 0.3 is 6.09 Å². The van der Waals surface area contributed by atoms with E-state index in [1.54, 1.807) is 18.2 Å². The SMILES string of the molecule is CC(=O)Nc1ccc(-c2cccc(Cl)c2)c(NC(=O)OCC2CC3CCC(C2)N3)c1. The molecule has 2 bridgehead atoms. The van der Waals surface area contributed by atoms with E-state index >= 15 is 0 Å². The maximum absolute atomic E-state index is 12.6. The molecule has 2 fully saturated rings. The summed E-state index contributed by atoms with van der Waals surface area (Å²) in [5.74, 6) is 0.215. The number of hydrogen-bond donors (Lipinski definition) is 3. The molecule has 2 unspecified atom stereocenters. The van der Waals surface area contributed by atoms with Gasteiger partial charge in [0.15, 0.2) is 0 Å². The zero-order valence-corrected chi connectivity index (χ0v) is 17.7. The Morgan fingerprint density at radius 1 is 1.10 bits per heavy atom. The number of anilines is 2. The number of fused-ring (bicyclic) bond motifs is 2. The van der Waals surface area contributed by atoms with Crippen molar-refractivity contribution in [1.29, 1.82) is 0 Å². The van der Waals surface area contributed by atoms with Crippen molar-refractivity contribution in [2.24, 2.45) is 5.92 Å². The summed E-state index contributed by atoms with van der Waals surface area (Å²) in [4.78, 5) is 24.0. The van der Waals surface area contributed by atoms with E-state index in [1.807, 2.05) is 24.3 Å². The molecule has 6 nitrogen and oxygen atoms in total. The quantitative estimate of drug-likeness (QED) is 0.624. The smallest absolute Gasteiger partial charge is 0.411 e. The lowest BCUT2D eigenvalue weighted by molar-refractivity contribution is -0.114. The average molecular weight is 428 g/mol. The van der Waals surface area contributed by atoms with E-state index in [1.165, 1.54) is 19.8 Å². The Labute approximate surface area is 181 Å². The van der Waals surface area contributed by atoms with Gasteiger partial charge in [-0.05, 0) is 61.4 Å². The Bertz CT molecular complexity index is 937. The first-order chi connectivity index (χ1) is 14.5. The van der Waals surface area contributed by atoms with Crippen LogP contribution in [0.15, 0.2) is 42.5 Å². The maximum Gasteiger partial charge on any atom is 0.411 e. The number of hydrogen-bond acceptors (Lipinski definition) is 4. The topological polar surface area (TPSA) is 79.5 Å². The third-order valence-corrected chi connectivity index (χ3v) is 5.97. The Hall–Kier alpha value is -2.57. The second-order valence-corrected chi connectivity index (χ2v) is 8.59. The van der Waals surface area contributed by atoms with Gasteiger partial charge < -0.3 is 15.4 Å². The second kappa shape index (κ2) is 9.06. The summed E-state index contributed by atoms with van der Waals surface area (Å²) in [6.07, 6.45) is 4.04. The molecule has 30 heavy (non-hydrogen) atoms. The van der Waals surface area contributed by atoms with Crippen molar-refractivity contribution in [1.82, 2.24) is 5.32 Å². The average Bonchev–Trinajstić information content (AvgIpc) is 3.04. The van der Waals surface area contributed by atoms with Crippen molar-refractivity contribution in [3.05, 3.63) is 47.5 Å². The molecule has 2 aliphatic heterocycles. The van der Waals surface area contributed by atoms with Crippen LogP contribution >= 0.6 is 11.6 Å². The molecule has 0 spiro atoms. The van der Waals surface area contributed by atoms with Crippen LogP contribution in [0.2, 0.25) is 5.02 Å². The molecule has 0 aliphatic carbocycles. The van der Waals surface area contributed by atoms with Gasteiger partial charge in [-0.3, -0.25) is 10.1 Å². The van der Waals surface area contributed by atoms with Crippen LogP contribution in [-0.2, 0) is 9.53 Å². The number of piperidine rings is 1. The van der Waals surface area contributed by atoms with E-state index in [0.717, 1.165) is 24.0 Å². The van der Waals surface area contributed by atoms with Gasteiger partial charge in [-0.25, -0.2) is 4.79 Å². The number of carbonyl (C=O) groups excluding carboxylic acids is 2. The third kappa shape index (κ3) is 5.12. The Morgan fingerprint density at radius 3 is 2.57 bits per heavy atom. The van der Waals surface area contributed by atoms with Gasteiger partial charge in [-0.1, -0.05) is 29.8 Å². The summed E-state index contributed by atoms with van der Waals surface area (Å²) in [7, 11) is 0. The molecule has 2 heterocycles. The van der Waals surface area contributed by atoms with Crippen LogP contribution in [0.5, 0.6) is 0 Å². The van der Waals surface area contributed by atoms with Crippen molar-refractivity contribution in [3.63, 3.8) is 0 Å². The molecule has 2 aromatic rings. The number of amides is 2. The molecule has 2 saturated heterocycles. The van der Waals surface area contributed by atoms with Crippen LogP contribution in [-0.4, -0.2) is 30.7 Å². The molecule has 2 atom stereocenters. The number of benzene rings is 2. The molecule has 3 N–H and O–H groups in total. The summed E-state index contributed by atoms with van der Waals surface area (Å²) < 4.78 is 5.55. The van der Waals surface area contributed by atoms with E-state index in [-0.39, 0.29) is 5.91 Å². The molecule has 2 aromatic carbocycles. The van der Waals surface area contributed by atoms with Crippen LogP contribution in [0.4, 0.5) is 16.2 Å². The highest BCUT2D eigenvalue weighted by atomic mass is 35.5. The predicted molar refractivity (Wildman–Crippen MR) is 119 cm³/mol. The predicted octanol–water partition coefficient (Wildman–Crippen LogP) is 5.04. The van der Waals surface area contributed by atoms with Gasteiger partial charge in [0.2, 0.25) is 5.91 Å². The van der Waals surface area contributed by atoms with Gasteiger partial charge in [0.1, 0.15) is 0 Å². The maximum atomic E-state index is 12.6. The number of halogens is 1. The fraction of sp³-hybridized carbons (Fsp3) is 0.391. The van der Waals surface area contributed by atoms with Gasteiger partial charge in [0, 0.05) is 35.3 Å². The Kier molecular flexibility index (Phi) is 6.25. The standard InChI is InChI=1S/C23H26ClN3O3/c1-14(28)25-20-7-8-21(16-3-2-4-17(24)11-16)22(12-20)27-23(29)30-13-15-9-18-5-6-19(10-15)26-18/h2-4,7-8,11-12,15,18-19,26H,5-6,9-10,13H2,1H3,(H,25,28)(H,27,29). The van der Waals surface area contributed by atoms with Crippen molar-refractivity contribution in [3.8, 4) is 11.1 Å². The highest BCUT2D eigenvalue weighted by Gasteiger charge is 2.33. The van der Waals surface area contributed by atoms with Crippen molar-refractivity contribution < 1.29 is 14.3 Å². The summed E-state index contributed by atoms with van der Waals surface area (Å²) >= 11 is 6.14. The molecular weight excluding hydrogens is 402 g/mol. The highest BCUT2D eigenvalue weighted by molar-refractivity contribution is 6.30. The lowest BCUT2D eigenvalue weighted by atomic mass is 9.93. The molecule has 2 amide bonds. The molecule has 0 radical (unpaired) electrons. The van der Waals surface area contributed by atoms with Crippen LogP contribution in [0.3, 0.4) is 0 Å². The number of ether oxygens (including phenoxy) is 1. The molecular formula is C23H26ClN3O3. The van der Waals surface area contributed by atoms with Crippen molar-refractivity contribution in [2.75, 3.05) is 17.2 Å². The number of rotatable bonds is 5. The van der Waals surface area contributed by atoms with Crippen LogP contribution in [0.1, 0.15) is 32.6 Å². The molecule has 4 rings (SSSR count). The summed E-state index contributed by atoms with van der Waals surface area (Å²) in [6, 6.07) is 13.9. The van der Waals surface area contributed by atoms with E-state index in [4.69, 9.17) is 16.3 Å². The normalized spacial score (nSPS) is 22.4. The van der Waals surface area contributed by atoms with Crippen LogP contribution in [0, 0.1) is 5.92 Å². The second-order valence-electron chi connectivity index (χ2n) is 8.15. The first-order valence-electron chi connectivity index (χ1n) is 10.3.